The molecular formula is C28H46O3. The van der Waals surface area contributed by atoms with E-state index in [9.17, 15) is 15.3 Å². The van der Waals surface area contributed by atoms with Gasteiger partial charge in [0, 0.05) is 11.8 Å². The predicted octanol–water partition coefficient (Wildman–Crippen LogP) is 5.50. The summed E-state index contributed by atoms with van der Waals surface area (Å²) in [5, 5.41) is 32.6. The Labute approximate surface area is 190 Å². The van der Waals surface area contributed by atoms with E-state index < -0.39 is 18.3 Å². The Hall–Kier alpha value is -0.640. The number of aliphatic hydroxyl groups excluding tert-OH is 3. The zero-order valence-corrected chi connectivity index (χ0v) is 20.5. The summed E-state index contributed by atoms with van der Waals surface area (Å²) in [6.07, 6.45) is 8.77. The van der Waals surface area contributed by atoms with Crippen molar-refractivity contribution in [2.24, 2.45) is 46.3 Å². The molecule has 10 atom stereocenters. The molecule has 0 saturated heterocycles. The molecule has 31 heavy (non-hydrogen) atoms. The second-order valence-electron chi connectivity index (χ2n) is 12.4. The Morgan fingerprint density at radius 1 is 1.10 bits per heavy atom. The number of aliphatic hydroxyl groups is 3. The molecule has 0 aromatic heterocycles. The van der Waals surface area contributed by atoms with Gasteiger partial charge in [0.15, 0.2) is 0 Å². The van der Waals surface area contributed by atoms with Crippen LogP contribution in [0.1, 0.15) is 86.0 Å². The molecule has 4 aliphatic rings. The van der Waals surface area contributed by atoms with Gasteiger partial charge in [-0.05, 0) is 85.9 Å². The van der Waals surface area contributed by atoms with Gasteiger partial charge in [-0.2, -0.15) is 0 Å². The van der Waals surface area contributed by atoms with E-state index in [1.165, 1.54) is 31.3 Å². The fourth-order valence-electron chi connectivity index (χ4n) is 8.57. The number of fused-ring (bicyclic) bond motifs is 5. The maximum absolute atomic E-state index is 11.3. The topological polar surface area (TPSA) is 60.7 Å². The molecule has 0 unspecified atom stereocenters. The first kappa shape index (κ1) is 23.5. The van der Waals surface area contributed by atoms with Gasteiger partial charge in [0.25, 0.3) is 0 Å². The lowest BCUT2D eigenvalue weighted by atomic mass is 9.45. The highest BCUT2D eigenvalue weighted by molar-refractivity contribution is 5.30. The van der Waals surface area contributed by atoms with Gasteiger partial charge in [0.1, 0.15) is 0 Å². The van der Waals surface area contributed by atoms with Gasteiger partial charge < -0.3 is 15.3 Å². The van der Waals surface area contributed by atoms with Gasteiger partial charge in [-0.25, -0.2) is 0 Å². The van der Waals surface area contributed by atoms with Crippen molar-refractivity contribution in [2.45, 2.75) is 104 Å². The first-order valence-electron chi connectivity index (χ1n) is 12.9. The van der Waals surface area contributed by atoms with Crippen molar-refractivity contribution in [3.63, 3.8) is 0 Å². The Morgan fingerprint density at radius 3 is 2.48 bits per heavy atom. The quantitative estimate of drug-likeness (QED) is 0.505. The molecule has 0 aromatic rings. The van der Waals surface area contributed by atoms with Crippen LogP contribution in [0.4, 0.5) is 0 Å². The zero-order valence-electron chi connectivity index (χ0n) is 20.5. The molecule has 3 heteroatoms. The van der Waals surface area contributed by atoms with E-state index in [4.69, 9.17) is 0 Å². The smallest absolute Gasteiger partial charge is 0.0757 e. The third-order valence-electron chi connectivity index (χ3n) is 10.7. The van der Waals surface area contributed by atoms with Crippen molar-refractivity contribution in [1.29, 1.82) is 0 Å². The maximum atomic E-state index is 11.3. The summed E-state index contributed by atoms with van der Waals surface area (Å²) < 4.78 is 0. The first-order chi connectivity index (χ1) is 14.5. The summed E-state index contributed by atoms with van der Waals surface area (Å²) in [6.45, 7) is 15.9. The molecule has 4 rings (SSSR count). The largest absolute Gasteiger partial charge is 0.393 e. The van der Waals surface area contributed by atoms with Crippen molar-refractivity contribution in [1.82, 2.24) is 0 Å². The van der Waals surface area contributed by atoms with E-state index in [-0.39, 0.29) is 16.7 Å². The fourth-order valence-corrected chi connectivity index (χ4v) is 8.57. The lowest BCUT2D eigenvalue weighted by molar-refractivity contribution is -0.133. The van der Waals surface area contributed by atoms with Crippen LogP contribution in [0.5, 0.6) is 0 Å². The molecule has 0 aliphatic heterocycles. The Balaban J connectivity index is 1.56. The SMILES string of the molecule is C=C(CC[C@@H](C)[C@H]1CC[C@H]2[C@@H]3[C@@H](O)C=C4C[C@@H](O)C[C@H](O)[C@]4(C)[C@H]3CC[C@]12C)C(C)C. The number of hydrogen-bond acceptors (Lipinski definition) is 3. The molecule has 4 aliphatic carbocycles. The van der Waals surface area contributed by atoms with Crippen LogP contribution >= 0.6 is 0 Å². The molecule has 3 nitrogen and oxygen atoms in total. The molecule has 0 aromatic carbocycles. The summed E-state index contributed by atoms with van der Waals surface area (Å²) in [5.74, 6) is 3.03. The molecule has 3 fully saturated rings. The van der Waals surface area contributed by atoms with Crippen LogP contribution < -0.4 is 0 Å². The number of allylic oxidation sites excluding steroid dienone is 1. The van der Waals surface area contributed by atoms with Crippen molar-refractivity contribution in [2.75, 3.05) is 0 Å². The summed E-state index contributed by atoms with van der Waals surface area (Å²) in [4.78, 5) is 0. The van der Waals surface area contributed by atoms with E-state index in [1.807, 2.05) is 6.08 Å². The van der Waals surface area contributed by atoms with Crippen LogP contribution in [0, 0.1) is 46.3 Å². The van der Waals surface area contributed by atoms with Gasteiger partial charge in [-0.3, -0.25) is 0 Å². The van der Waals surface area contributed by atoms with Gasteiger partial charge in [0.2, 0.25) is 0 Å². The Bertz CT molecular complexity index is 726. The van der Waals surface area contributed by atoms with Crippen molar-refractivity contribution >= 4 is 0 Å². The van der Waals surface area contributed by atoms with Crippen LogP contribution in [0.15, 0.2) is 23.8 Å². The predicted molar refractivity (Wildman–Crippen MR) is 126 cm³/mol. The highest BCUT2D eigenvalue weighted by atomic mass is 16.3. The van der Waals surface area contributed by atoms with E-state index in [0.29, 0.717) is 42.4 Å². The third kappa shape index (κ3) is 3.67. The van der Waals surface area contributed by atoms with Crippen molar-refractivity contribution in [3.05, 3.63) is 23.8 Å². The van der Waals surface area contributed by atoms with Crippen LogP contribution in [0.3, 0.4) is 0 Å². The summed E-state index contributed by atoms with van der Waals surface area (Å²) in [6, 6.07) is 0. The second kappa shape index (κ2) is 8.29. The molecule has 0 spiro atoms. The number of hydrogen-bond donors (Lipinski definition) is 3. The van der Waals surface area contributed by atoms with E-state index in [2.05, 4.69) is 41.2 Å². The lowest BCUT2D eigenvalue weighted by Crippen LogP contribution is -2.58. The van der Waals surface area contributed by atoms with Gasteiger partial charge >= 0.3 is 0 Å². The van der Waals surface area contributed by atoms with E-state index in [0.717, 1.165) is 18.4 Å². The molecule has 0 radical (unpaired) electrons. The summed E-state index contributed by atoms with van der Waals surface area (Å²) >= 11 is 0. The molecule has 0 amide bonds. The van der Waals surface area contributed by atoms with Crippen LogP contribution in [-0.4, -0.2) is 33.6 Å². The normalized spacial score (nSPS) is 47.9. The molecule has 0 heterocycles. The van der Waals surface area contributed by atoms with E-state index >= 15 is 0 Å². The fraction of sp³-hybridized carbons (Fsp3) is 0.857. The van der Waals surface area contributed by atoms with Crippen LogP contribution in [-0.2, 0) is 0 Å². The van der Waals surface area contributed by atoms with E-state index in [1.54, 1.807) is 0 Å². The zero-order chi connectivity index (χ0) is 22.7. The Morgan fingerprint density at radius 2 is 1.81 bits per heavy atom. The average molecular weight is 431 g/mol. The minimum atomic E-state index is -0.509. The molecule has 3 N–H and O–H groups in total. The highest BCUT2D eigenvalue weighted by Gasteiger charge is 2.62. The number of rotatable bonds is 5. The average Bonchev–Trinajstić information content (AvgIpc) is 3.05. The standard InChI is InChI=1S/C28H46O3/c1-16(2)17(3)7-8-18(4)21-9-10-22-26-23(11-12-27(21,22)5)28(6)19(14-24(26)30)13-20(29)15-25(28)31/h14,16,18,20-26,29-31H,3,7-13,15H2,1-2,4-6H3/t18-,20-,21-,22+,23+,24+,25+,26+,27-,28+/m1/s1. The maximum Gasteiger partial charge on any atom is 0.0757 e. The molecular weight excluding hydrogens is 384 g/mol. The van der Waals surface area contributed by atoms with Crippen molar-refractivity contribution < 1.29 is 15.3 Å². The minimum absolute atomic E-state index is 0.236. The summed E-state index contributed by atoms with van der Waals surface area (Å²) in [7, 11) is 0. The molecule has 3 saturated carbocycles. The molecule has 176 valence electrons. The monoisotopic (exact) mass is 430 g/mol. The van der Waals surface area contributed by atoms with Crippen molar-refractivity contribution in [3.8, 4) is 0 Å². The van der Waals surface area contributed by atoms with Gasteiger partial charge in [-0.15, -0.1) is 0 Å². The van der Waals surface area contributed by atoms with Gasteiger partial charge in [0.05, 0.1) is 18.3 Å². The Kier molecular flexibility index (Phi) is 6.29. The van der Waals surface area contributed by atoms with Gasteiger partial charge in [-0.1, -0.05) is 58.4 Å². The minimum Gasteiger partial charge on any atom is -0.393 e. The third-order valence-corrected chi connectivity index (χ3v) is 10.7. The second-order valence-corrected chi connectivity index (χ2v) is 12.4. The highest BCUT2D eigenvalue weighted by Crippen LogP contribution is 2.67. The summed E-state index contributed by atoms with van der Waals surface area (Å²) in [5.41, 5.74) is 2.47. The molecule has 0 bridgehead atoms. The van der Waals surface area contributed by atoms with Crippen LogP contribution in [0.25, 0.3) is 0 Å². The van der Waals surface area contributed by atoms with Crippen LogP contribution in [0.2, 0.25) is 0 Å². The first-order valence-corrected chi connectivity index (χ1v) is 12.9. The lowest BCUT2D eigenvalue weighted by Gasteiger charge is -2.60.